The molecule has 25 heavy (non-hydrogen) atoms. The van der Waals surface area contributed by atoms with Crippen molar-refractivity contribution in [2.24, 2.45) is 0 Å². The third-order valence-electron chi connectivity index (χ3n) is 3.28. The number of nitrogens with zero attached hydrogens (tertiary/aromatic N) is 2. The minimum absolute atomic E-state index is 0.0864. The highest BCUT2D eigenvalue weighted by Crippen LogP contribution is 2.17. The molecule has 1 aromatic heterocycles. The first-order valence-electron chi connectivity index (χ1n) is 7.45. The molecule has 1 heterocycles. The highest BCUT2D eigenvalue weighted by atomic mass is 32.2. The Bertz CT molecular complexity index is 860. The number of hydrogen-bond acceptors (Lipinski definition) is 5. The van der Waals surface area contributed by atoms with Gasteiger partial charge in [-0.1, -0.05) is 17.3 Å². The molecule has 2 rings (SSSR count). The third-order valence-corrected chi connectivity index (χ3v) is 5.13. The monoisotopic (exact) mass is 361 g/mol. The van der Waals surface area contributed by atoms with Gasteiger partial charge in [0.05, 0.1) is 10.6 Å². The summed E-state index contributed by atoms with van der Waals surface area (Å²) >= 11 is 0. The van der Waals surface area contributed by atoms with Crippen LogP contribution in [0.3, 0.4) is 0 Å². The molecule has 0 bridgehead atoms. The van der Waals surface area contributed by atoms with E-state index in [-0.39, 0.29) is 23.9 Å². The number of hydrogen-bond donors (Lipinski definition) is 1. The Kier molecular flexibility index (Phi) is 5.89. The lowest BCUT2D eigenvalue weighted by Gasteiger charge is -2.19. The number of carbonyl (C=O) groups is 1. The van der Waals surface area contributed by atoms with Gasteiger partial charge in [0.15, 0.2) is 0 Å². The maximum absolute atomic E-state index is 12.6. The number of aryl methyl sites for hydroxylation is 1. The largest absolute Gasteiger partial charge is 0.338 e. The number of rotatable bonds is 8. The first-order valence-corrected chi connectivity index (χ1v) is 8.89. The Morgan fingerprint density at radius 3 is 2.32 bits per heavy atom. The van der Waals surface area contributed by atoms with Gasteiger partial charge in [-0.05, 0) is 31.2 Å². The van der Waals surface area contributed by atoms with Gasteiger partial charge in [-0.2, -0.15) is 4.31 Å². The van der Waals surface area contributed by atoms with Crippen LogP contribution >= 0.6 is 0 Å². The molecule has 8 heteroatoms. The minimum Gasteiger partial charge on any atom is -0.338 e. The van der Waals surface area contributed by atoms with Crippen molar-refractivity contribution in [3.05, 3.63) is 66.9 Å². The number of anilines is 1. The fourth-order valence-electron chi connectivity index (χ4n) is 2.09. The van der Waals surface area contributed by atoms with Gasteiger partial charge in [0.2, 0.25) is 15.9 Å². The van der Waals surface area contributed by atoms with Crippen LogP contribution in [0.5, 0.6) is 0 Å². The zero-order chi connectivity index (χ0) is 18.4. The van der Waals surface area contributed by atoms with Gasteiger partial charge in [-0.15, -0.1) is 13.2 Å². The first kappa shape index (κ1) is 18.6. The van der Waals surface area contributed by atoms with Gasteiger partial charge < -0.3 is 4.52 Å². The smallest absolute Gasteiger partial charge is 0.258 e. The van der Waals surface area contributed by atoms with E-state index in [1.165, 1.54) is 40.7 Å². The summed E-state index contributed by atoms with van der Waals surface area (Å²) < 4.78 is 31.3. The number of nitrogens with one attached hydrogen (secondary N) is 1. The Morgan fingerprint density at radius 2 is 1.84 bits per heavy atom. The van der Waals surface area contributed by atoms with Crippen molar-refractivity contribution in [2.45, 2.75) is 11.8 Å². The van der Waals surface area contributed by atoms with Crippen LogP contribution in [-0.2, 0) is 10.0 Å². The highest BCUT2D eigenvalue weighted by molar-refractivity contribution is 7.89. The van der Waals surface area contributed by atoms with E-state index in [4.69, 9.17) is 4.52 Å². The van der Waals surface area contributed by atoms with Gasteiger partial charge >= 0.3 is 0 Å². The zero-order valence-electron chi connectivity index (χ0n) is 13.8. The summed E-state index contributed by atoms with van der Waals surface area (Å²) in [6.07, 6.45) is 3.00. The van der Waals surface area contributed by atoms with Crippen LogP contribution in [0.4, 0.5) is 5.88 Å². The predicted octanol–water partition coefficient (Wildman–Crippen LogP) is 2.60. The molecule has 0 atom stereocenters. The fourth-order valence-corrected chi connectivity index (χ4v) is 3.47. The van der Waals surface area contributed by atoms with Gasteiger partial charge in [0, 0.05) is 24.7 Å². The number of benzene rings is 1. The Hall–Kier alpha value is -2.71. The zero-order valence-corrected chi connectivity index (χ0v) is 14.6. The van der Waals surface area contributed by atoms with Crippen LogP contribution in [0.1, 0.15) is 16.1 Å². The average Bonchev–Trinajstić information content (AvgIpc) is 2.99. The van der Waals surface area contributed by atoms with E-state index in [1.807, 2.05) is 0 Å². The second kappa shape index (κ2) is 7.91. The molecule has 7 nitrogen and oxygen atoms in total. The second-order valence-electron chi connectivity index (χ2n) is 5.21. The highest BCUT2D eigenvalue weighted by Gasteiger charge is 2.22. The van der Waals surface area contributed by atoms with Crippen molar-refractivity contribution >= 4 is 21.8 Å². The van der Waals surface area contributed by atoms with Crippen molar-refractivity contribution < 1.29 is 17.7 Å². The quantitative estimate of drug-likeness (QED) is 0.730. The SMILES string of the molecule is C=CCN(CC=C)S(=O)(=O)c1ccc(C(=O)Nc2cc(C)no2)cc1. The van der Waals surface area contributed by atoms with Gasteiger partial charge in [-0.3, -0.25) is 10.1 Å². The van der Waals surface area contributed by atoms with E-state index in [2.05, 4.69) is 23.6 Å². The summed E-state index contributed by atoms with van der Waals surface area (Å²) in [5.41, 5.74) is 0.938. The molecule has 0 spiro atoms. The van der Waals surface area contributed by atoms with Crippen LogP contribution in [-0.4, -0.2) is 36.9 Å². The maximum atomic E-state index is 12.6. The number of amides is 1. The molecule has 0 unspecified atom stereocenters. The molecule has 0 aliphatic carbocycles. The van der Waals surface area contributed by atoms with E-state index in [0.717, 1.165) is 0 Å². The molecule has 132 valence electrons. The molecule has 0 saturated heterocycles. The van der Waals surface area contributed by atoms with Crippen molar-refractivity contribution in [1.82, 2.24) is 9.46 Å². The number of sulfonamides is 1. The summed E-state index contributed by atoms with van der Waals surface area (Å²) in [6, 6.07) is 7.22. The van der Waals surface area contributed by atoms with E-state index >= 15 is 0 Å². The van der Waals surface area contributed by atoms with E-state index in [0.29, 0.717) is 11.3 Å². The fraction of sp³-hybridized carbons (Fsp3) is 0.176. The lowest BCUT2D eigenvalue weighted by atomic mass is 10.2. The van der Waals surface area contributed by atoms with Crippen LogP contribution in [0.15, 0.2) is 65.1 Å². The normalized spacial score (nSPS) is 11.3. The number of aromatic nitrogens is 1. The van der Waals surface area contributed by atoms with Crippen molar-refractivity contribution in [3.8, 4) is 0 Å². The molecule has 0 radical (unpaired) electrons. The Labute approximate surface area is 146 Å². The van der Waals surface area contributed by atoms with E-state index in [9.17, 15) is 13.2 Å². The first-order chi connectivity index (χ1) is 11.9. The van der Waals surface area contributed by atoms with Crippen molar-refractivity contribution in [1.29, 1.82) is 0 Å². The molecular weight excluding hydrogens is 342 g/mol. The second-order valence-corrected chi connectivity index (χ2v) is 7.15. The summed E-state index contributed by atoms with van der Waals surface area (Å²) in [5.74, 6) is -0.198. The van der Waals surface area contributed by atoms with Gasteiger partial charge in [-0.25, -0.2) is 8.42 Å². The average molecular weight is 361 g/mol. The summed E-state index contributed by atoms with van der Waals surface area (Å²) in [4.78, 5) is 12.2. The lowest BCUT2D eigenvalue weighted by Crippen LogP contribution is -2.31. The Morgan fingerprint density at radius 1 is 1.24 bits per heavy atom. The van der Waals surface area contributed by atoms with E-state index < -0.39 is 15.9 Å². The van der Waals surface area contributed by atoms with Gasteiger partial charge in [0.25, 0.3) is 5.91 Å². The van der Waals surface area contributed by atoms with Crippen LogP contribution in [0.25, 0.3) is 0 Å². The molecule has 2 aromatic rings. The van der Waals surface area contributed by atoms with Crippen molar-refractivity contribution in [2.75, 3.05) is 18.4 Å². The van der Waals surface area contributed by atoms with Crippen LogP contribution in [0.2, 0.25) is 0 Å². The molecule has 0 aliphatic heterocycles. The Balaban J connectivity index is 2.19. The lowest BCUT2D eigenvalue weighted by molar-refractivity contribution is 0.102. The minimum atomic E-state index is -3.69. The summed E-state index contributed by atoms with van der Waals surface area (Å²) in [6.45, 7) is 9.19. The molecule has 1 aromatic carbocycles. The predicted molar refractivity (Wildman–Crippen MR) is 94.8 cm³/mol. The molecule has 1 N–H and O–H groups in total. The van der Waals surface area contributed by atoms with Crippen LogP contribution < -0.4 is 5.32 Å². The standard InChI is InChI=1S/C17H19N3O4S/c1-4-10-20(11-5-2)25(22,23)15-8-6-14(7-9-15)17(21)18-16-12-13(3)19-24-16/h4-9,12H,1-2,10-11H2,3H3,(H,18,21). The van der Waals surface area contributed by atoms with Crippen LogP contribution in [0, 0.1) is 6.92 Å². The van der Waals surface area contributed by atoms with Crippen molar-refractivity contribution in [3.63, 3.8) is 0 Å². The summed E-state index contributed by atoms with van der Waals surface area (Å²) in [7, 11) is -3.69. The van der Waals surface area contributed by atoms with E-state index in [1.54, 1.807) is 13.0 Å². The maximum Gasteiger partial charge on any atom is 0.258 e. The van der Waals surface area contributed by atoms with Gasteiger partial charge in [0.1, 0.15) is 0 Å². The topological polar surface area (TPSA) is 92.5 Å². The molecular formula is C17H19N3O4S. The molecule has 0 saturated carbocycles. The molecule has 1 amide bonds. The molecule has 0 fully saturated rings. The third kappa shape index (κ3) is 4.43. The number of carbonyl (C=O) groups excluding carboxylic acids is 1. The molecule has 0 aliphatic rings. The summed E-state index contributed by atoms with van der Waals surface area (Å²) in [5, 5.41) is 6.22.